The Bertz CT molecular complexity index is 832. The second kappa shape index (κ2) is 8.28. The largest absolute Gasteiger partial charge is 0.353 e. The summed E-state index contributed by atoms with van der Waals surface area (Å²) in [5.41, 5.74) is 0.277. The summed E-state index contributed by atoms with van der Waals surface area (Å²) in [5.74, 6) is -0.924. The van der Waals surface area contributed by atoms with E-state index in [-0.39, 0.29) is 46.4 Å². The van der Waals surface area contributed by atoms with E-state index in [9.17, 15) is 18.8 Å². The van der Waals surface area contributed by atoms with E-state index in [4.69, 9.17) is 11.6 Å². The standard InChI is InChI=1S/C20H24ClFN4O3/c21-15-7-11(1-5-16(15)22)19(28)25-13-8-17-20(29)23-9-14(26(17)10-13)4-6-18(27)24-12-2-3-12/h1,5,7,12-14,17H,2-4,6,8-10H2,(H,23,29)(H,24,27)(H,25,28)/t13-,14-,17+/m1/s1. The number of hydrogen-bond acceptors (Lipinski definition) is 4. The zero-order chi connectivity index (χ0) is 20.5. The molecular weight excluding hydrogens is 399 g/mol. The Morgan fingerprint density at radius 2 is 2.03 bits per heavy atom. The van der Waals surface area contributed by atoms with Gasteiger partial charge in [0.25, 0.3) is 5.91 Å². The lowest BCUT2D eigenvalue weighted by molar-refractivity contribution is -0.129. The number of rotatable bonds is 6. The monoisotopic (exact) mass is 422 g/mol. The summed E-state index contributed by atoms with van der Waals surface area (Å²) >= 11 is 5.76. The smallest absolute Gasteiger partial charge is 0.251 e. The van der Waals surface area contributed by atoms with Crippen LogP contribution in [-0.4, -0.2) is 59.9 Å². The molecule has 0 radical (unpaired) electrons. The molecule has 3 amide bonds. The molecular formula is C20H24ClFN4O3. The van der Waals surface area contributed by atoms with Gasteiger partial charge in [-0.1, -0.05) is 11.6 Å². The molecule has 0 spiro atoms. The first-order valence-electron chi connectivity index (χ1n) is 9.99. The average Bonchev–Trinajstić information content (AvgIpc) is 3.39. The summed E-state index contributed by atoms with van der Waals surface area (Å²) in [6.45, 7) is 1.04. The third-order valence-electron chi connectivity index (χ3n) is 5.79. The summed E-state index contributed by atoms with van der Waals surface area (Å²) in [6, 6.07) is 3.71. The van der Waals surface area contributed by atoms with Gasteiger partial charge in [-0.15, -0.1) is 0 Å². The number of fused-ring (bicyclic) bond motifs is 1. The van der Waals surface area contributed by atoms with E-state index in [1.807, 2.05) is 0 Å². The van der Waals surface area contributed by atoms with Gasteiger partial charge < -0.3 is 16.0 Å². The normalized spacial score (nSPS) is 26.6. The van der Waals surface area contributed by atoms with E-state index < -0.39 is 5.82 Å². The fourth-order valence-corrected chi connectivity index (χ4v) is 4.26. The van der Waals surface area contributed by atoms with Gasteiger partial charge in [0, 0.05) is 43.2 Å². The van der Waals surface area contributed by atoms with Gasteiger partial charge in [0.15, 0.2) is 0 Å². The maximum absolute atomic E-state index is 13.3. The first-order chi connectivity index (χ1) is 13.9. The van der Waals surface area contributed by atoms with Crippen LogP contribution in [0.4, 0.5) is 4.39 Å². The predicted molar refractivity (Wildman–Crippen MR) is 105 cm³/mol. The topological polar surface area (TPSA) is 90.5 Å². The van der Waals surface area contributed by atoms with Crippen molar-refractivity contribution < 1.29 is 18.8 Å². The highest BCUT2D eigenvalue weighted by Crippen LogP contribution is 2.26. The zero-order valence-corrected chi connectivity index (χ0v) is 16.7. The van der Waals surface area contributed by atoms with Crippen LogP contribution in [0, 0.1) is 5.82 Å². The lowest BCUT2D eigenvalue weighted by atomic mass is 10.0. The first kappa shape index (κ1) is 20.1. The fraction of sp³-hybridized carbons (Fsp3) is 0.550. The Kier molecular flexibility index (Phi) is 5.74. The number of hydrogen-bond donors (Lipinski definition) is 3. The Labute approximate surface area is 173 Å². The van der Waals surface area contributed by atoms with Crippen LogP contribution >= 0.6 is 11.6 Å². The number of amides is 3. The van der Waals surface area contributed by atoms with Crippen molar-refractivity contribution in [2.45, 2.75) is 56.3 Å². The number of carbonyl (C=O) groups excluding carboxylic acids is 3. The Morgan fingerprint density at radius 1 is 1.24 bits per heavy atom. The molecule has 0 bridgehead atoms. The number of benzene rings is 1. The molecule has 4 rings (SSSR count). The number of nitrogens with zero attached hydrogens (tertiary/aromatic N) is 1. The van der Waals surface area contributed by atoms with E-state index >= 15 is 0 Å². The number of piperazine rings is 1. The average molecular weight is 423 g/mol. The summed E-state index contributed by atoms with van der Waals surface area (Å²) in [7, 11) is 0. The second-order valence-electron chi connectivity index (χ2n) is 8.03. The van der Waals surface area contributed by atoms with E-state index in [0.29, 0.717) is 38.4 Å². The van der Waals surface area contributed by atoms with Crippen LogP contribution < -0.4 is 16.0 Å². The highest BCUT2D eigenvalue weighted by molar-refractivity contribution is 6.31. The van der Waals surface area contributed by atoms with Crippen molar-refractivity contribution in [2.24, 2.45) is 0 Å². The van der Waals surface area contributed by atoms with Crippen molar-refractivity contribution in [1.29, 1.82) is 0 Å². The van der Waals surface area contributed by atoms with E-state index in [1.165, 1.54) is 12.1 Å². The van der Waals surface area contributed by atoms with Crippen LogP contribution in [0.15, 0.2) is 18.2 Å². The van der Waals surface area contributed by atoms with Gasteiger partial charge in [0.1, 0.15) is 5.82 Å². The molecule has 1 saturated carbocycles. The molecule has 1 aromatic carbocycles. The van der Waals surface area contributed by atoms with Gasteiger partial charge in [-0.2, -0.15) is 0 Å². The first-order valence-corrected chi connectivity index (χ1v) is 10.4. The molecule has 2 saturated heterocycles. The minimum atomic E-state index is -0.577. The molecule has 3 aliphatic rings. The van der Waals surface area contributed by atoms with Crippen LogP contribution in [0.1, 0.15) is 42.5 Å². The highest BCUT2D eigenvalue weighted by Gasteiger charge is 2.43. The summed E-state index contributed by atoms with van der Waals surface area (Å²) in [6.07, 6.45) is 3.69. The van der Waals surface area contributed by atoms with Crippen molar-refractivity contribution in [3.8, 4) is 0 Å². The molecule has 3 atom stereocenters. The van der Waals surface area contributed by atoms with Crippen LogP contribution in [0.3, 0.4) is 0 Å². The molecule has 29 heavy (non-hydrogen) atoms. The summed E-state index contributed by atoms with van der Waals surface area (Å²) in [4.78, 5) is 38.9. The van der Waals surface area contributed by atoms with Crippen molar-refractivity contribution in [1.82, 2.24) is 20.9 Å². The SMILES string of the molecule is O=C(CC[C@@H]1CNC(=O)[C@@H]2C[C@@H](NC(=O)c3ccc(F)c(Cl)c3)CN12)NC1CC1. The van der Waals surface area contributed by atoms with Crippen molar-refractivity contribution >= 4 is 29.3 Å². The van der Waals surface area contributed by atoms with Gasteiger partial charge in [0.05, 0.1) is 11.1 Å². The number of carbonyl (C=O) groups is 3. The molecule has 3 N–H and O–H groups in total. The molecule has 2 aliphatic heterocycles. The maximum atomic E-state index is 13.3. The lowest BCUT2D eigenvalue weighted by Gasteiger charge is -2.37. The number of halogens is 2. The minimum Gasteiger partial charge on any atom is -0.353 e. The number of nitrogens with one attached hydrogen (secondary N) is 3. The third-order valence-corrected chi connectivity index (χ3v) is 6.08. The van der Waals surface area contributed by atoms with Crippen LogP contribution in [-0.2, 0) is 9.59 Å². The molecule has 2 heterocycles. The van der Waals surface area contributed by atoms with Gasteiger partial charge in [-0.05, 0) is 43.9 Å². The molecule has 1 aliphatic carbocycles. The van der Waals surface area contributed by atoms with E-state index in [2.05, 4.69) is 20.9 Å². The van der Waals surface area contributed by atoms with Gasteiger partial charge in [-0.3, -0.25) is 19.3 Å². The predicted octanol–water partition coefficient (Wildman–Crippen LogP) is 1.21. The van der Waals surface area contributed by atoms with Crippen molar-refractivity contribution in [2.75, 3.05) is 13.1 Å². The zero-order valence-electron chi connectivity index (χ0n) is 15.9. The molecule has 156 valence electrons. The van der Waals surface area contributed by atoms with Crippen LogP contribution in [0.25, 0.3) is 0 Å². The quantitative estimate of drug-likeness (QED) is 0.642. The molecule has 7 nitrogen and oxygen atoms in total. The van der Waals surface area contributed by atoms with E-state index in [0.717, 1.165) is 18.9 Å². The third kappa shape index (κ3) is 4.70. The second-order valence-corrected chi connectivity index (χ2v) is 8.43. The molecule has 0 aromatic heterocycles. The maximum Gasteiger partial charge on any atom is 0.251 e. The van der Waals surface area contributed by atoms with E-state index in [1.54, 1.807) is 0 Å². The Balaban J connectivity index is 1.35. The van der Waals surface area contributed by atoms with Crippen molar-refractivity contribution in [3.63, 3.8) is 0 Å². The van der Waals surface area contributed by atoms with Crippen LogP contribution in [0.5, 0.6) is 0 Å². The van der Waals surface area contributed by atoms with Gasteiger partial charge in [-0.25, -0.2) is 4.39 Å². The molecule has 3 fully saturated rings. The highest BCUT2D eigenvalue weighted by atomic mass is 35.5. The van der Waals surface area contributed by atoms with Crippen LogP contribution in [0.2, 0.25) is 5.02 Å². The van der Waals surface area contributed by atoms with Gasteiger partial charge >= 0.3 is 0 Å². The lowest BCUT2D eigenvalue weighted by Crippen LogP contribution is -2.58. The van der Waals surface area contributed by atoms with Crippen molar-refractivity contribution in [3.05, 3.63) is 34.6 Å². The summed E-state index contributed by atoms with van der Waals surface area (Å²) < 4.78 is 13.3. The summed E-state index contributed by atoms with van der Waals surface area (Å²) in [5, 5.41) is 8.71. The fourth-order valence-electron chi connectivity index (χ4n) is 4.08. The Hall–Kier alpha value is -2.19. The Morgan fingerprint density at radius 3 is 2.76 bits per heavy atom. The minimum absolute atomic E-state index is 0.0507. The molecule has 1 aromatic rings. The van der Waals surface area contributed by atoms with Gasteiger partial charge in [0.2, 0.25) is 11.8 Å². The molecule has 9 heteroatoms. The molecule has 0 unspecified atom stereocenters.